The molecule has 1 aliphatic carbocycles. The van der Waals surface area contributed by atoms with Crippen LogP contribution in [0, 0.1) is 5.92 Å². The third-order valence-corrected chi connectivity index (χ3v) is 4.26. The van der Waals surface area contributed by atoms with Crippen molar-refractivity contribution in [1.29, 1.82) is 0 Å². The van der Waals surface area contributed by atoms with Gasteiger partial charge in [-0.2, -0.15) is 5.10 Å². The highest BCUT2D eigenvalue weighted by Crippen LogP contribution is 2.25. The molecule has 1 heterocycles. The van der Waals surface area contributed by atoms with Gasteiger partial charge in [-0.3, -0.25) is 9.48 Å². The Morgan fingerprint density at radius 2 is 2.14 bits per heavy atom. The average molecular weight is 299 g/mol. The van der Waals surface area contributed by atoms with E-state index in [9.17, 15) is 9.90 Å². The van der Waals surface area contributed by atoms with Gasteiger partial charge in [0.25, 0.3) is 5.91 Å². The lowest BCUT2D eigenvalue weighted by molar-refractivity contribution is 0.0917. The molecule has 1 amide bonds. The first-order valence-electron chi connectivity index (χ1n) is 7.70. The minimum atomic E-state index is -0.289. The second kappa shape index (κ2) is 6.32. The number of hydrogen-bond donors (Lipinski definition) is 2. The monoisotopic (exact) mass is 299 g/mol. The Kier molecular flexibility index (Phi) is 4.24. The van der Waals surface area contributed by atoms with Gasteiger partial charge >= 0.3 is 0 Å². The van der Waals surface area contributed by atoms with Crippen LogP contribution in [-0.4, -0.2) is 33.4 Å². The number of nitrogens with zero attached hydrogens (tertiary/aromatic N) is 2. The minimum Gasteiger partial charge on any atom is -0.393 e. The second-order valence-electron chi connectivity index (χ2n) is 5.90. The molecule has 3 rings (SSSR count). The van der Waals surface area contributed by atoms with Gasteiger partial charge in [-0.15, -0.1) is 0 Å². The largest absolute Gasteiger partial charge is 0.393 e. The van der Waals surface area contributed by atoms with E-state index in [1.165, 1.54) is 0 Å². The zero-order chi connectivity index (χ0) is 15.5. The molecule has 2 unspecified atom stereocenters. The van der Waals surface area contributed by atoms with E-state index in [1.807, 2.05) is 37.4 Å². The van der Waals surface area contributed by atoms with E-state index >= 15 is 0 Å². The molecule has 0 spiro atoms. The maximum Gasteiger partial charge on any atom is 0.255 e. The van der Waals surface area contributed by atoms with E-state index in [4.69, 9.17) is 0 Å². The summed E-state index contributed by atoms with van der Waals surface area (Å²) in [6.45, 7) is 0.517. The Morgan fingerprint density at radius 3 is 2.82 bits per heavy atom. The van der Waals surface area contributed by atoms with E-state index in [2.05, 4.69) is 10.4 Å². The normalized spacial score (nSPS) is 21.0. The van der Waals surface area contributed by atoms with E-state index in [-0.39, 0.29) is 17.9 Å². The summed E-state index contributed by atoms with van der Waals surface area (Å²) in [5.74, 6) is 0.0341. The van der Waals surface area contributed by atoms with Crippen molar-refractivity contribution in [3.63, 3.8) is 0 Å². The number of nitrogens with one attached hydrogen (secondary N) is 1. The van der Waals surface area contributed by atoms with Crippen molar-refractivity contribution in [3.05, 3.63) is 42.1 Å². The van der Waals surface area contributed by atoms with Crippen molar-refractivity contribution in [2.45, 2.75) is 25.4 Å². The van der Waals surface area contributed by atoms with Gasteiger partial charge in [-0.05, 0) is 12.8 Å². The van der Waals surface area contributed by atoms with Gasteiger partial charge in [-0.1, -0.05) is 36.8 Å². The fourth-order valence-electron chi connectivity index (χ4n) is 3.04. The number of aliphatic hydroxyl groups excluding tert-OH is 1. The fraction of sp³-hybridized carbons (Fsp3) is 0.412. The molecule has 5 heteroatoms. The zero-order valence-corrected chi connectivity index (χ0v) is 12.7. The lowest BCUT2D eigenvalue weighted by Crippen LogP contribution is -2.32. The predicted octanol–water partition coefficient (Wildman–Crippen LogP) is 1.98. The Labute approximate surface area is 130 Å². The van der Waals surface area contributed by atoms with Gasteiger partial charge in [-0.25, -0.2) is 0 Å². The lowest BCUT2D eigenvalue weighted by Gasteiger charge is -2.14. The van der Waals surface area contributed by atoms with Crippen LogP contribution < -0.4 is 5.32 Å². The number of amides is 1. The van der Waals surface area contributed by atoms with Gasteiger partial charge in [0.1, 0.15) is 5.69 Å². The molecule has 0 bridgehead atoms. The van der Waals surface area contributed by atoms with Crippen LogP contribution in [-0.2, 0) is 7.05 Å². The first-order valence-corrected chi connectivity index (χ1v) is 7.70. The maximum absolute atomic E-state index is 12.5. The maximum atomic E-state index is 12.5. The molecule has 116 valence electrons. The van der Waals surface area contributed by atoms with Crippen molar-refractivity contribution < 1.29 is 9.90 Å². The summed E-state index contributed by atoms with van der Waals surface area (Å²) < 4.78 is 1.65. The van der Waals surface area contributed by atoms with Crippen LogP contribution in [0.1, 0.15) is 29.6 Å². The molecule has 0 saturated heterocycles. The molecule has 0 radical (unpaired) electrons. The highest BCUT2D eigenvalue weighted by molar-refractivity contribution is 5.99. The Hall–Kier alpha value is -2.14. The van der Waals surface area contributed by atoms with Crippen molar-refractivity contribution >= 4 is 5.91 Å². The molecule has 1 aromatic carbocycles. The molecule has 22 heavy (non-hydrogen) atoms. The van der Waals surface area contributed by atoms with Crippen LogP contribution in [0.15, 0.2) is 36.5 Å². The van der Waals surface area contributed by atoms with Crippen molar-refractivity contribution in [1.82, 2.24) is 15.1 Å². The van der Waals surface area contributed by atoms with Gasteiger partial charge < -0.3 is 10.4 Å². The summed E-state index contributed by atoms with van der Waals surface area (Å²) in [7, 11) is 1.81. The number of carbonyl (C=O) groups excluding carboxylic acids is 1. The van der Waals surface area contributed by atoms with Crippen LogP contribution in [0.25, 0.3) is 11.3 Å². The van der Waals surface area contributed by atoms with E-state index in [0.29, 0.717) is 17.8 Å². The quantitative estimate of drug-likeness (QED) is 0.907. The summed E-state index contributed by atoms with van der Waals surface area (Å²) in [4.78, 5) is 12.5. The summed E-state index contributed by atoms with van der Waals surface area (Å²) in [6.07, 6.45) is 4.29. The van der Waals surface area contributed by atoms with Crippen molar-refractivity contribution in [3.8, 4) is 11.3 Å². The summed E-state index contributed by atoms with van der Waals surface area (Å²) >= 11 is 0. The van der Waals surface area contributed by atoms with E-state index in [1.54, 1.807) is 10.9 Å². The molecular weight excluding hydrogens is 278 g/mol. The molecule has 1 aromatic heterocycles. The van der Waals surface area contributed by atoms with Gasteiger partial charge in [0.05, 0.1) is 11.7 Å². The molecule has 2 N–H and O–H groups in total. The highest BCUT2D eigenvalue weighted by atomic mass is 16.3. The number of carbonyl (C=O) groups is 1. The summed E-state index contributed by atoms with van der Waals surface area (Å²) in [5.41, 5.74) is 2.18. The van der Waals surface area contributed by atoms with Crippen molar-refractivity contribution in [2.75, 3.05) is 6.54 Å². The second-order valence-corrected chi connectivity index (χ2v) is 5.90. The average Bonchev–Trinajstić information content (AvgIpc) is 3.11. The Balaban J connectivity index is 1.75. The Morgan fingerprint density at radius 1 is 1.36 bits per heavy atom. The van der Waals surface area contributed by atoms with Crippen LogP contribution in [0.5, 0.6) is 0 Å². The summed E-state index contributed by atoms with van der Waals surface area (Å²) in [6, 6.07) is 9.69. The number of aromatic nitrogens is 2. The molecule has 1 fully saturated rings. The minimum absolute atomic E-state index is 0.133. The molecular formula is C17H21N3O2. The van der Waals surface area contributed by atoms with Crippen LogP contribution in [0.3, 0.4) is 0 Å². The predicted molar refractivity (Wildman–Crippen MR) is 84.3 cm³/mol. The standard InChI is InChI=1S/C17H21N3O2/c1-20-11-14(16(19-20)12-6-3-2-4-7-12)17(22)18-10-13-8-5-9-15(13)21/h2-4,6-7,11,13,15,21H,5,8-10H2,1H3,(H,18,22). The molecule has 0 aliphatic heterocycles. The van der Waals surface area contributed by atoms with E-state index in [0.717, 1.165) is 24.8 Å². The number of hydrogen-bond acceptors (Lipinski definition) is 3. The topological polar surface area (TPSA) is 67.2 Å². The molecule has 1 aliphatic rings. The first kappa shape index (κ1) is 14.8. The molecule has 2 atom stereocenters. The first-order chi connectivity index (χ1) is 10.6. The van der Waals surface area contributed by atoms with Gasteiger partial charge in [0.2, 0.25) is 0 Å². The summed E-state index contributed by atoms with van der Waals surface area (Å²) in [5, 5.41) is 17.2. The SMILES string of the molecule is Cn1cc(C(=O)NCC2CCCC2O)c(-c2ccccc2)n1. The number of benzene rings is 1. The molecule has 1 saturated carbocycles. The molecule has 2 aromatic rings. The fourth-order valence-corrected chi connectivity index (χ4v) is 3.04. The third kappa shape index (κ3) is 3.04. The van der Waals surface area contributed by atoms with Crippen LogP contribution in [0.4, 0.5) is 0 Å². The third-order valence-electron chi connectivity index (χ3n) is 4.26. The van der Waals surface area contributed by atoms with Gasteiger partial charge in [0, 0.05) is 31.3 Å². The number of rotatable bonds is 4. The van der Waals surface area contributed by atoms with Gasteiger partial charge in [0.15, 0.2) is 0 Å². The Bertz CT molecular complexity index is 651. The zero-order valence-electron chi connectivity index (χ0n) is 12.7. The highest BCUT2D eigenvalue weighted by Gasteiger charge is 2.26. The molecule has 5 nitrogen and oxygen atoms in total. The number of aryl methyl sites for hydroxylation is 1. The van der Waals surface area contributed by atoms with E-state index < -0.39 is 0 Å². The van der Waals surface area contributed by atoms with Crippen LogP contribution >= 0.6 is 0 Å². The smallest absolute Gasteiger partial charge is 0.255 e. The van der Waals surface area contributed by atoms with Crippen molar-refractivity contribution in [2.24, 2.45) is 13.0 Å². The number of aliphatic hydroxyl groups is 1. The lowest BCUT2D eigenvalue weighted by atomic mass is 10.1. The van der Waals surface area contributed by atoms with Crippen LogP contribution in [0.2, 0.25) is 0 Å².